The minimum absolute atomic E-state index is 0.549. The number of rotatable bonds is 6. The monoisotopic (exact) mass is 320 g/mol. The summed E-state index contributed by atoms with van der Waals surface area (Å²) in [4.78, 5) is 3.45. The van der Waals surface area contributed by atoms with Gasteiger partial charge in [0.05, 0.1) is 5.52 Å². The number of hydrogen-bond donors (Lipinski definition) is 2. The number of H-pyrrole nitrogens is 1. The summed E-state index contributed by atoms with van der Waals surface area (Å²) in [5.41, 5.74) is 5.17. The normalized spacial score (nSPS) is 16.5. The zero-order chi connectivity index (χ0) is 16.4. The van der Waals surface area contributed by atoms with E-state index in [1.807, 2.05) is 18.2 Å². The zero-order valence-electron chi connectivity index (χ0n) is 14.1. The summed E-state index contributed by atoms with van der Waals surface area (Å²) < 4.78 is 6.09. The van der Waals surface area contributed by atoms with Crippen LogP contribution in [0.4, 0.5) is 0 Å². The molecule has 0 bridgehead atoms. The Kier molecular flexibility index (Phi) is 4.26. The van der Waals surface area contributed by atoms with E-state index >= 15 is 0 Å². The number of ether oxygens (including phenoxy) is 1. The Labute approximate surface area is 143 Å². The summed E-state index contributed by atoms with van der Waals surface area (Å²) in [6.07, 6.45) is 5.52. The van der Waals surface area contributed by atoms with Crippen molar-refractivity contribution in [3.05, 3.63) is 65.4 Å². The van der Waals surface area contributed by atoms with Gasteiger partial charge in [0.25, 0.3) is 0 Å². The fourth-order valence-electron chi connectivity index (χ4n) is 3.65. The summed E-state index contributed by atoms with van der Waals surface area (Å²) >= 11 is 0. The van der Waals surface area contributed by atoms with Crippen LogP contribution in [0.15, 0.2) is 48.7 Å². The number of aromatic amines is 1. The predicted octanol–water partition coefficient (Wildman–Crippen LogP) is 4.21. The molecule has 0 fully saturated rings. The summed E-state index contributed by atoms with van der Waals surface area (Å²) in [7, 11) is 0. The van der Waals surface area contributed by atoms with Crippen LogP contribution in [0.5, 0.6) is 5.75 Å². The summed E-state index contributed by atoms with van der Waals surface area (Å²) in [6, 6.07) is 15.2. The molecule has 0 saturated heterocycles. The summed E-state index contributed by atoms with van der Waals surface area (Å²) in [5, 5.41) is 5.03. The number of hydrogen-bond acceptors (Lipinski definition) is 2. The van der Waals surface area contributed by atoms with Crippen molar-refractivity contribution < 1.29 is 4.74 Å². The molecule has 0 radical (unpaired) electrons. The lowest BCUT2D eigenvalue weighted by molar-refractivity contribution is 0.309. The average molecular weight is 320 g/mol. The molecule has 2 N–H and O–H groups in total. The maximum Gasteiger partial charge on any atom is 0.143 e. The van der Waals surface area contributed by atoms with Crippen molar-refractivity contribution in [2.75, 3.05) is 6.54 Å². The van der Waals surface area contributed by atoms with Gasteiger partial charge in [0.2, 0.25) is 0 Å². The quantitative estimate of drug-likeness (QED) is 0.714. The third-order valence-corrected chi connectivity index (χ3v) is 4.82. The van der Waals surface area contributed by atoms with Crippen LogP contribution in [0.3, 0.4) is 0 Å². The maximum atomic E-state index is 6.09. The topological polar surface area (TPSA) is 37.0 Å². The number of benzene rings is 2. The predicted molar refractivity (Wildman–Crippen MR) is 98.6 cm³/mol. The fraction of sp³-hybridized carbons (Fsp3) is 0.333. The van der Waals surface area contributed by atoms with Crippen LogP contribution in [0.1, 0.15) is 30.0 Å². The van der Waals surface area contributed by atoms with Crippen molar-refractivity contribution in [3.63, 3.8) is 0 Å². The molecule has 0 amide bonds. The van der Waals surface area contributed by atoms with E-state index in [0.29, 0.717) is 12.6 Å². The highest BCUT2D eigenvalue weighted by molar-refractivity contribution is 5.92. The van der Waals surface area contributed by atoms with E-state index in [1.54, 1.807) is 0 Å². The first-order chi connectivity index (χ1) is 11.8. The van der Waals surface area contributed by atoms with Gasteiger partial charge in [0.15, 0.2) is 0 Å². The fourth-order valence-corrected chi connectivity index (χ4v) is 3.65. The van der Waals surface area contributed by atoms with Crippen LogP contribution >= 0.6 is 0 Å². The molecular formula is C21H24N2O. The van der Waals surface area contributed by atoms with Crippen molar-refractivity contribution in [1.29, 1.82) is 0 Å². The minimum atomic E-state index is 0.549. The van der Waals surface area contributed by atoms with E-state index in [4.69, 9.17) is 4.74 Å². The highest BCUT2D eigenvalue weighted by atomic mass is 16.5. The lowest BCUT2D eigenvalue weighted by atomic mass is 9.89. The molecule has 3 nitrogen and oxygen atoms in total. The third kappa shape index (κ3) is 2.92. The molecular weight excluding hydrogens is 296 g/mol. The van der Waals surface area contributed by atoms with Gasteiger partial charge in [0, 0.05) is 17.6 Å². The van der Waals surface area contributed by atoms with Crippen molar-refractivity contribution >= 4 is 10.9 Å². The van der Waals surface area contributed by atoms with Gasteiger partial charge in [-0.05, 0) is 48.6 Å². The Bertz CT molecular complexity index is 822. The lowest BCUT2D eigenvalue weighted by Crippen LogP contribution is -2.35. The van der Waals surface area contributed by atoms with Crippen LogP contribution in [0.25, 0.3) is 10.9 Å². The van der Waals surface area contributed by atoms with Crippen molar-refractivity contribution in [3.8, 4) is 5.75 Å². The molecule has 0 spiro atoms. The van der Waals surface area contributed by atoms with Crippen LogP contribution < -0.4 is 10.1 Å². The van der Waals surface area contributed by atoms with Crippen molar-refractivity contribution in [2.45, 2.75) is 38.8 Å². The third-order valence-electron chi connectivity index (χ3n) is 4.82. The second kappa shape index (κ2) is 6.70. The van der Waals surface area contributed by atoms with Crippen molar-refractivity contribution in [2.24, 2.45) is 0 Å². The molecule has 24 heavy (non-hydrogen) atoms. The van der Waals surface area contributed by atoms with Gasteiger partial charge >= 0.3 is 0 Å². The van der Waals surface area contributed by atoms with E-state index in [9.17, 15) is 0 Å². The Hall–Kier alpha value is -2.26. The maximum absolute atomic E-state index is 6.09. The van der Waals surface area contributed by atoms with Crippen LogP contribution in [-0.4, -0.2) is 17.6 Å². The molecule has 1 heterocycles. The lowest BCUT2D eigenvalue weighted by Gasteiger charge is -2.24. The first-order valence-electron chi connectivity index (χ1n) is 8.87. The Balaban J connectivity index is 1.57. The Morgan fingerprint density at radius 1 is 1.08 bits per heavy atom. The number of aromatic nitrogens is 1. The zero-order valence-corrected chi connectivity index (χ0v) is 14.1. The van der Waals surface area contributed by atoms with Crippen molar-refractivity contribution in [1.82, 2.24) is 10.3 Å². The second-order valence-corrected chi connectivity index (χ2v) is 6.62. The van der Waals surface area contributed by atoms with Gasteiger partial charge in [-0.15, -0.1) is 0 Å². The molecule has 3 heteroatoms. The molecule has 1 unspecified atom stereocenters. The van der Waals surface area contributed by atoms with Gasteiger partial charge in [-0.2, -0.15) is 0 Å². The van der Waals surface area contributed by atoms with Gasteiger partial charge in [-0.1, -0.05) is 43.3 Å². The molecule has 124 valence electrons. The molecule has 1 atom stereocenters. The largest absolute Gasteiger partial charge is 0.487 e. The van der Waals surface area contributed by atoms with E-state index < -0.39 is 0 Å². The molecule has 4 rings (SSSR count). The van der Waals surface area contributed by atoms with E-state index in [0.717, 1.165) is 30.7 Å². The summed E-state index contributed by atoms with van der Waals surface area (Å²) in [5.74, 6) is 0.948. The van der Waals surface area contributed by atoms with Gasteiger partial charge in [-0.25, -0.2) is 0 Å². The van der Waals surface area contributed by atoms with Gasteiger partial charge in [-0.3, -0.25) is 0 Å². The van der Waals surface area contributed by atoms with Crippen LogP contribution in [-0.2, 0) is 19.4 Å². The minimum Gasteiger partial charge on any atom is -0.487 e. The molecule has 0 aliphatic heterocycles. The highest BCUT2D eigenvalue weighted by Crippen LogP contribution is 2.35. The SMILES string of the molecule is CCCNC1Cc2ccc(OCc3ccccc3)c3[nH]cc(c23)C1. The Morgan fingerprint density at radius 2 is 1.92 bits per heavy atom. The average Bonchev–Trinajstić information content (AvgIpc) is 3.05. The smallest absolute Gasteiger partial charge is 0.143 e. The second-order valence-electron chi connectivity index (χ2n) is 6.62. The summed E-state index contributed by atoms with van der Waals surface area (Å²) in [6.45, 7) is 3.91. The van der Waals surface area contributed by atoms with Gasteiger partial charge in [0.1, 0.15) is 12.4 Å². The molecule has 0 saturated carbocycles. The van der Waals surface area contributed by atoms with Crippen LogP contribution in [0, 0.1) is 0 Å². The van der Waals surface area contributed by atoms with E-state index in [2.05, 4.69) is 47.7 Å². The first-order valence-corrected chi connectivity index (χ1v) is 8.87. The standard InChI is InChI=1S/C21H24N2O/c1-2-10-22-18-11-16-8-9-19(21-20(16)17(12-18)13-23-21)24-14-15-6-4-3-5-7-15/h3-9,13,18,22-23H,2,10-12,14H2,1H3. The van der Waals surface area contributed by atoms with Gasteiger partial charge < -0.3 is 15.0 Å². The highest BCUT2D eigenvalue weighted by Gasteiger charge is 2.23. The number of nitrogens with one attached hydrogen (secondary N) is 2. The van der Waals surface area contributed by atoms with Crippen LogP contribution in [0.2, 0.25) is 0 Å². The molecule has 1 aromatic heterocycles. The Morgan fingerprint density at radius 3 is 2.75 bits per heavy atom. The first kappa shape index (κ1) is 15.3. The van der Waals surface area contributed by atoms with E-state index in [-0.39, 0.29) is 0 Å². The molecule has 2 aromatic carbocycles. The molecule has 1 aliphatic rings. The van der Waals surface area contributed by atoms with E-state index in [1.165, 1.54) is 28.5 Å². The molecule has 1 aliphatic carbocycles. The molecule has 3 aromatic rings.